The number of nitrogens with two attached hydrogens (primary N) is 1. The standard InChI is InChI=1S/C6H7BrClNOS/c7-3-1-5(4(9)2-10)11-6(3)8/h1,4,10H,2,9H2/t4-/m1/s1. The summed E-state index contributed by atoms with van der Waals surface area (Å²) in [6.45, 7) is -0.0523. The molecule has 0 radical (unpaired) electrons. The van der Waals surface area contributed by atoms with Crippen LogP contribution in [0.15, 0.2) is 10.5 Å². The molecule has 5 heteroatoms. The molecule has 62 valence electrons. The van der Waals surface area contributed by atoms with Crippen molar-refractivity contribution >= 4 is 38.9 Å². The van der Waals surface area contributed by atoms with E-state index in [1.54, 1.807) is 0 Å². The molecule has 0 aliphatic carbocycles. The summed E-state index contributed by atoms with van der Waals surface area (Å²) in [5.74, 6) is 0. The normalized spacial score (nSPS) is 13.5. The van der Waals surface area contributed by atoms with E-state index in [9.17, 15) is 0 Å². The average molecular weight is 257 g/mol. The summed E-state index contributed by atoms with van der Waals surface area (Å²) in [6.07, 6.45) is 0. The molecule has 0 aromatic carbocycles. The second kappa shape index (κ2) is 3.87. The maximum absolute atomic E-state index is 8.71. The number of thiophene rings is 1. The van der Waals surface area contributed by atoms with Gasteiger partial charge in [-0.3, -0.25) is 0 Å². The van der Waals surface area contributed by atoms with Crippen molar-refractivity contribution in [1.29, 1.82) is 0 Å². The van der Waals surface area contributed by atoms with E-state index in [2.05, 4.69) is 15.9 Å². The van der Waals surface area contributed by atoms with Gasteiger partial charge in [-0.05, 0) is 22.0 Å². The third kappa shape index (κ3) is 2.16. The minimum atomic E-state index is -0.316. The van der Waals surface area contributed by atoms with Gasteiger partial charge in [-0.2, -0.15) is 0 Å². The van der Waals surface area contributed by atoms with Crippen LogP contribution < -0.4 is 5.73 Å². The van der Waals surface area contributed by atoms with Crippen LogP contribution >= 0.6 is 38.9 Å². The van der Waals surface area contributed by atoms with E-state index in [-0.39, 0.29) is 12.6 Å². The number of halogens is 2. The van der Waals surface area contributed by atoms with Crippen LogP contribution in [0.3, 0.4) is 0 Å². The van der Waals surface area contributed by atoms with E-state index in [1.165, 1.54) is 11.3 Å². The second-order valence-electron chi connectivity index (χ2n) is 2.06. The van der Waals surface area contributed by atoms with Crippen LogP contribution in [0.4, 0.5) is 0 Å². The summed E-state index contributed by atoms with van der Waals surface area (Å²) in [5.41, 5.74) is 5.56. The topological polar surface area (TPSA) is 46.2 Å². The highest BCUT2D eigenvalue weighted by Crippen LogP contribution is 2.34. The lowest BCUT2D eigenvalue weighted by molar-refractivity contribution is 0.269. The van der Waals surface area contributed by atoms with Crippen LogP contribution in [-0.4, -0.2) is 11.7 Å². The Morgan fingerprint density at radius 1 is 1.82 bits per heavy atom. The molecular weight excluding hydrogens is 249 g/mol. The van der Waals surface area contributed by atoms with Gasteiger partial charge >= 0.3 is 0 Å². The van der Waals surface area contributed by atoms with Crippen LogP contribution in [0.2, 0.25) is 4.34 Å². The molecule has 11 heavy (non-hydrogen) atoms. The van der Waals surface area contributed by atoms with Crippen molar-refractivity contribution in [2.75, 3.05) is 6.61 Å². The first-order valence-corrected chi connectivity index (χ1v) is 4.95. The zero-order valence-corrected chi connectivity index (χ0v) is 8.71. The summed E-state index contributed by atoms with van der Waals surface area (Å²) in [6, 6.07) is 1.51. The van der Waals surface area contributed by atoms with Gasteiger partial charge in [-0.15, -0.1) is 11.3 Å². The highest BCUT2D eigenvalue weighted by molar-refractivity contribution is 9.10. The smallest absolute Gasteiger partial charge is 0.107 e. The Labute approximate surface area is 82.1 Å². The van der Waals surface area contributed by atoms with E-state index in [1.807, 2.05) is 6.07 Å². The predicted molar refractivity (Wildman–Crippen MR) is 51.0 cm³/mol. The Morgan fingerprint density at radius 2 is 2.45 bits per heavy atom. The highest BCUT2D eigenvalue weighted by Gasteiger charge is 2.10. The quantitative estimate of drug-likeness (QED) is 0.852. The largest absolute Gasteiger partial charge is 0.394 e. The summed E-state index contributed by atoms with van der Waals surface area (Å²) in [7, 11) is 0. The van der Waals surface area contributed by atoms with Crippen LogP contribution in [-0.2, 0) is 0 Å². The molecule has 1 rings (SSSR count). The summed E-state index contributed by atoms with van der Waals surface area (Å²) >= 11 is 10.4. The molecule has 0 spiro atoms. The number of hydrogen-bond acceptors (Lipinski definition) is 3. The number of hydrogen-bond donors (Lipinski definition) is 2. The van der Waals surface area contributed by atoms with Crippen LogP contribution in [0.1, 0.15) is 10.9 Å². The van der Waals surface area contributed by atoms with Crippen LogP contribution in [0.5, 0.6) is 0 Å². The molecule has 0 aliphatic rings. The second-order valence-corrected chi connectivity index (χ2v) is 4.60. The van der Waals surface area contributed by atoms with Gasteiger partial charge in [-0.25, -0.2) is 0 Å². The first kappa shape index (κ1) is 9.48. The van der Waals surface area contributed by atoms with Crippen molar-refractivity contribution in [3.8, 4) is 0 Å². The van der Waals surface area contributed by atoms with Crippen molar-refractivity contribution in [2.45, 2.75) is 6.04 Å². The van der Waals surface area contributed by atoms with Gasteiger partial charge in [0.1, 0.15) is 4.34 Å². The van der Waals surface area contributed by atoms with Gasteiger partial charge in [-0.1, -0.05) is 11.6 Å². The van der Waals surface area contributed by atoms with E-state index in [0.29, 0.717) is 4.34 Å². The lowest BCUT2D eigenvalue weighted by Gasteiger charge is -2.02. The lowest BCUT2D eigenvalue weighted by Crippen LogP contribution is -2.12. The lowest BCUT2D eigenvalue weighted by atomic mass is 10.3. The molecule has 0 aliphatic heterocycles. The zero-order valence-electron chi connectivity index (χ0n) is 5.55. The van der Waals surface area contributed by atoms with Gasteiger partial charge in [0.15, 0.2) is 0 Å². The number of rotatable bonds is 2. The van der Waals surface area contributed by atoms with Gasteiger partial charge < -0.3 is 10.8 Å². The molecular formula is C6H7BrClNOS. The molecule has 1 heterocycles. The summed E-state index contributed by atoms with van der Waals surface area (Å²) < 4.78 is 1.51. The molecule has 0 fully saturated rings. The minimum absolute atomic E-state index is 0.0523. The molecule has 1 aromatic heterocycles. The molecule has 0 bridgehead atoms. The van der Waals surface area contributed by atoms with Gasteiger partial charge in [0.2, 0.25) is 0 Å². The predicted octanol–water partition coefficient (Wildman–Crippen LogP) is 2.16. The fraction of sp³-hybridized carbons (Fsp3) is 0.333. The minimum Gasteiger partial charge on any atom is -0.394 e. The molecule has 0 saturated carbocycles. The highest BCUT2D eigenvalue weighted by atomic mass is 79.9. The SMILES string of the molecule is N[C@H](CO)c1cc(Br)c(Cl)s1. The third-order valence-electron chi connectivity index (χ3n) is 1.23. The fourth-order valence-electron chi connectivity index (χ4n) is 0.636. The maximum atomic E-state index is 8.71. The van der Waals surface area contributed by atoms with Gasteiger partial charge in [0.25, 0.3) is 0 Å². The Morgan fingerprint density at radius 3 is 2.82 bits per heavy atom. The Bertz CT molecular complexity index is 233. The Kier molecular flexibility index (Phi) is 3.33. The summed E-state index contributed by atoms with van der Waals surface area (Å²) in [4.78, 5) is 0.893. The first-order valence-electron chi connectivity index (χ1n) is 2.96. The first-order chi connectivity index (χ1) is 5.15. The van der Waals surface area contributed by atoms with Gasteiger partial charge in [0.05, 0.1) is 12.6 Å². The molecule has 3 N–H and O–H groups in total. The number of aliphatic hydroxyl groups excluding tert-OH is 1. The molecule has 0 amide bonds. The van der Waals surface area contributed by atoms with E-state index < -0.39 is 0 Å². The third-order valence-corrected chi connectivity index (χ3v) is 3.83. The Balaban J connectivity index is 2.88. The van der Waals surface area contributed by atoms with Crippen LogP contribution in [0, 0.1) is 0 Å². The van der Waals surface area contributed by atoms with E-state index >= 15 is 0 Å². The Hall–Kier alpha value is 0.390. The molecule has 1 aromatic rings. The molecule has 0 saturated heterocycles. The van der Waals surface area contributed by atoms with Crippen molar-refractivity contribution in [3.05, 3.63) is 19.8 Å². The fourth-order valence-corrected chi connectivity index (χ4v) is 2.36. The molecule has 1 atom stereocenters. The summed E-state index contributed by atoms with van der Waals surface area (Å²) in [5, 5.41) is 8.71. The van der Waals surface area contributed by atoms with Gasteiger partial charge in [0, 0.05) is 9.35 Å². The monoisotopic (exact) mass is 255 g/mol. The molecule has 0 unspecified atom stereocenters. The zero-order chi connectivity index (χ0) is 8.43. The maximum Gasteiger partial charge on any atom is 0.107 e. The van der Waals surface area contributed by atoms with Crippen molar-refractivity contribution in [1.82, 2.24) is 0 Å². The van der Waals surface area contributed by atoms with E-state index in [4.69, 9.17) is 22.4 Å². The average Bonchev–Trinajstić information content (AvgIpc) is 2.31. The molecule has 2 nitrogen and oxygen atoms in total. The van der Waals surface area contributed by atoms with E-state index in [0.717, 1.165) is 9.35 Å². The van der Waals surface area contributed by atoms with Crippen molar-refractivity contribution in [2.24, 2.45) is 5.73 Å². The van der Waals surface area contributed by atoms with Crippen molar-refractivity contribution < 1.29 is 5.11 Å². The van der Waals surface area contributed by atoms with Crippen LogP contribution in [0.25, 0.3) is 0 Å². The van der Waals surface area contributed by atoms with Crippen molar-refractivity contribution in [3.63, 3.8) is 0 Å². The number of aliphatic hydroxyl groups is 1.